The van der Waals surface area contributed by atoms with Crippen LogP contribution in [0.2, 0.25) is 0 Å². The van der Waals surface area contributed by atoms with Gasteiger partial charge < -0.3 is 11.5 Å². The minimum absolute atomic E-state index is 0.555. The maximum absolute atomic E-state index is 5.64. The molecule has 78 valence electrons. The van der Waals surface area contributed by atoms with Crippen LogP contribution in [0, 0.1) is 5.92 Å². The molecule has 0 aliphatic carbocycles. The lowest BCUT2D eigenvalue weighted by molar-refractivity contribution is 0.459. The molecule has 0 saturated carbocycles. The van der Waals surface area contributed by atoms with Gasteiger partial charge in [0.2, 0.25) is 0 Å². The number of nitrogen functional groups attached to an aromatic ring is 1. The zero-order valence-electron chi connectivity index (χ0n) is 9.03. The number of benzene rings is 1. The van der Waals surface area contributed by atoms with Crippen molar-refractivity contribution in [3.63, 3.8) is 0 Å². The van der Waals surface area contributed by atoms with Crippen molar-refractivity contribution in [3.05, 3.63) is 29.8 Å². The van der Waals surface area contributed by atoms with Crippen LogP contribution < -0.4 is 11.5 Å². The first-order chi connectivity index (χ1) is 6.65. The summed E-state index contributed by atoms with van der Waals surface area (Å²) in [4.78, 5) is 0. The summed E-state index contributed by atoms with van der Waals surface area (Å²) in [6, 6.07) is 8.13. The summed E-state index contributed by atoms with van der Waals surface area (Å²) in [5, 5.41) is 0. The van der Waals surface area contributed by atoms with E-state index in [2.05, 4.69) is 26.0 Å². The zero-order chi connectivity index (χ0) is 10.6. The molecule has 0 fully saturated rings. The Morgan fingerprint density at radius 3 is 2.21 bits per heavy atom. The third-order valence-electron chi connectivity index (χ3n) is 2.94. The van der Waals surface area contributed by atoms with Crippen LogP contribution >= 0.6 is 0 Å². The fourth-order valence-electron chi connectivity index (χ4n) is 1.64. The van der Waals surface area contributed by atoms with Gasteiger partial charge in [0.25, 0.3) is 0 Å². The molecule has 1 aromatic rings. The highest BCUT2D eigenvalue weighted by atomic mass is 14.5. The van der Waals surface area contributed by atoms with Crippen LogP contribution in [0.25, 0.3) is 0 Å². The topological polar surface area (TPSA) is 52.0 Å². The molecule has 14 heavy (non-hydrogen) atoms. The lowest BCUT2D eigenvalue weighted by Gasteiger charge is -2.19. The standard InChI is InChI=1S/C12H20N2/c1-9(7-8-13)10(2)11-3-5-12(14)6-4-11/h3-6,9-10H,7-8,13-14H2,1-2H3. The fraction of sp³-hybridized carbons (Fsp3) is 0.500. The van der Waals surface area contributed by atoms with Gasteiger partial charge in [-0.05, 0) is 42.5 Å². The molecular weight excluding hydrogens is 172 g/mol. The predicted molar refractivity (Wildman–Crippen MR) is 62.1 cm³/mol. The van der Waals surface area contributed by atoms with Crippen LogP contribution in [0.4, 0.5) is 5.69 Å². The van der Waals surface area contributed by atoms with Crippen LogP contribution in [0.1, 0.15) is 31.7 Å². The highest BCUT2D eigenvalue weighted by molar-refractivity contribution is 5.40. The molecule has 1 aromatic carbocycles. The van der Waals surface area contributed by atoms with E-state index in [1.165, 1.54) is 5.56 Å². The molecule has 0 radical (unpaired) electrons. The van der Waals surface area contributed by atoms with Gasteiger partial charge in [0, 0.05) is 5.69 Å². The van der Waals surface area contributed by atoms with E-state index in [0.29, 0.717) is 11.8 Å². The molecule has 2 unspecified atom stereocenters. The second-order valence-corrected chi connectivity index (χ2v) is 4.01. The Kier molecular flexibility index (Phi) is 3.96. The van der Waals surface area contributed by atoms with Crippen molar-refractivity contribution in [1.29, 1.82) is 0 Å². The van der Waals surface area contributed by atoms with Crippen molar-refractivity contribution >= 4 is 5.69 Å². The molecule has 0 aliphatic rings. The number of anilines is 1. The summed E-state index contributed by atoms with van der Waals surface area (Å²) in [6.45, 7) is 5.25. The van der Waals surface area contributed by atoms with Crippen LogP contribution in [0.15, 0.2) is 24.3 Å². The first-order valence-corrected chi connectivity index (χ1v) is 5.20. The van der Waals surface area contributed by atoms with Gasteiger partial charge in [-0.2, -0.15) is 0 Å². The Morgan fingerprint density at radius 2 is 1.71 bits per heavy atom. The van der Waals surface area contributed by atoms with Crippen LogP contribution in [-0.2, 0) is 0 Å². The van der Waals surface area contributed by atoms with Crippen molar-refractivity contribution < 1.29 is 0 Å². The molecule has 2 nitrogen and oxygen atoms in total. The summed E-state index contributed by atoms with van der Waals surface area (Å²) >= 11 is 0. The number of nitrogens with two attached hydrogens (primary N) is 2. The molecule has 2 heteroatoms. The summed E-state index contributed by atoms with van der Waals surface area (Å²) < 4.78 is 0. The maximum Gasteiger partial charge on any atom is 0.0314 e. The molecule has 0 heterocycles. The summed E-state index contributed by atoms with van der Waals surface area (Å²) in [5.41, 5.74) is 13.4. The van der Waals surface area contributed by atoms with Crippen molar-refractivity contribution in [3.8, 4) is 0 Å². The van der Waals surface area contributed by atoms with E-state index < -0.39 is 0 Å². The first-order valence-electron chi connectivity index (χ1n) is 5.20. The minimum Gasteiger partial charge on any atom is -0.399 e. The Hall–Kier alpha value is -1.02. The van der Waals surface area contributed by atoms with E-state index >= 15 is 0 Å². The average Bonchev–Trinajstić information content (AvgIpc) is 2.18. The van der Waals surface area contributed by atoms with Crippen molar-refractivity contribution in [2.45, 2.75) is 26.2 Å². The monoisotopic (exact) mass is 192 g/mol. The van der Waals surface area contributed by atoms with E-state index in [4.69, 9.17) is 11.5 Å². The third kappa shape index (κ3) is 2.74. The highest BCUT2D eigenvalue weighted by Crippen LogP contribution is 2.26. The summed E-state index contributed by atoms with van der Waals surface area (Å²) in [6.07, 6.45) is 1.07. The Morgan fingerprint density at radius 1 is 1.14 bits per heavy atom. The second kappa shape index (κ2) is 5.01. The van der Waals surface area contributed by atoms with E-state index in [9.17, 15) is 0 Å². The van der Waals surface area contributed by atoms with Crippen molar-refractivity contribution in [1.82, 2.24) is 0 Å². The molecule has 0 amide bonds. The van der Waals surface area contributed by atoms with E-state index in [1.54, 1.807) is 0 Å². The minimum atomic E-state index is 0.555. The smallest absolute Gasteiger partial charge is 0.0314 e. The molecule has 0 spiro atoms. The van der Waals surface area contributed by atoms with Gasteiger partial charge in [0.1, 0.15) is 0 Å². The van der Waals surface area contributed by atoms with Crippen molar-refractivity contribution in [2.24, 2.45) is 11.7 Å². The van der Waals surface area contributed by atoms with E-state index in [-0.39, 0.29) is 0 Å². The number of hydrogen-bond acceptors (Lipinski definition) is 2. The van der Waals surface area contributed by atoms with Gasteiger partial charge in [0.15, 0.2) is 0 Å². The van der Waals surface area contributed by atoms with Gasteiger partial charge in [-0.25, -0.2) is 0 Å². The first kappa shape index (κ1) is 11.1. The summed E-state index contributed by atoms with van der Waals surface area (Å²) in [5.74, 6) is 1.18. The van der Waals surface area contributed by atoms with Gasteiger partial charge in [-0.15, -0.1) is 0 Å². The third-order valence-corrected chi connectivity index (χ3v) is 2.94. The van der Waals surface area contributed by atoms with Crippen LogP contribution in [-0.4, -0.2) is 6.54 Å². The second-order valence-electron chi connectivity index (χ2n) is 4.01. The average molecular weight is 192 g/mol. The van der Waals surface area contributed by atoms with Crippen molar-refractivity contribution in [2.75, 3.05) is 12.3 Å². The van der Waals surface area contributed by atoms with Gasteiger partial charge in [0.05, 0.1) is 0 Å². The summed E-state index contributed by atoms with van der Waals surface area (Å²) in [7, 11) is 0. The van der Waals surface area contributed by atoms with Crippen LogP contribution in [0.3, 0.4) is 0 Å². The van der Waals surface area contributed by atoms with Gasteiger partial charge >= 0.3 is 0 Å². The number of rotatable bonds is 4. The van der Waals surface area contributed by atoms with E-state index in [1.807, 2.05) is 12.1 Å². The molecule has 2 atom stereocenters. The lowest BCUT2D eigenvalue weighted by atomic mass is 9.87. The maximum atomic E-state index is 5.64. The number of hydrogen-bond donors (Lipinski definition) is 2. The molecule has 0 bridgehead atoms. The SMILES string of the molecule is CC(CCN)C(C)c1ccc(N)cc1. The zero-order valence-corrected chi connectivity index (χ0v) is 9.03. The Balaban J connectivity index is 2.68. The van der Waals surface area contributed by atoms with E-state index in [0.717, 1.165) is 18.7 Å². The molecule has 0 aliphatic heterocycles. The molecular formula is C12H20N2. The Bertz CT molecular complexity index is 266. The Labute approximate surface area is 86.3 Å². The normalized spacial score (nSPS) is 15.1. The molecule has 4 N–H and O–H groups in total. The highest BCUT2D eigenvalue weighted by Gasteiger charge is 2.12. The fourth-order valence-corrected chi connectivity index (χ4v) is 1.64. The molecule has 1 rings (SSSR count). The molecule has 0 aromatic heterocycles. The van der Waals surface area contributed by atoms with Gasteiger partial charge in [-0.3, -0.25) is 0 Å². The largest absolute Gasteiger partial charge is 0.399 e. The van der Waals surface area contributed by atoms with Gasteiger partial charge in [-0.1, -0.05) is 26.0 Å². The van der Waals surface area contributed by atoms with Crippen LogP contribution in [0.5, 0.6) is 0 Å². The quantitative estimate of drug-likeness (QED) is 0.719. The predicted octanol–water partition coefficient (Wildman–Crippen LogP) is 2.36. The molecule has 0 saturated heterocycles. The lowest BCUT2D eigenvalue weighted by Crippen LogP contribution is -2.12.